The van der Waals surface area contributed by atoms with E-state index in [9.17, 15) is 18.0 Å². The monoisotopic (exact) mass is 340 g/mol. The van der Waals surface area contributed by atoms with Crippen LogP contribution in [0.5, 0.6) is 0 Å². The van der Waals surface area contributed by atoms with Gasteiger partial charge in [0, 0.05) is 5.69 Å². The third-order valence-electron chi connectivity index (χ3n) is 3.82. The lowest BCUT2D eigenvalue weighted by Crippen LogP contribution is -2.48. The zero-order valence-corrected chi connectivity index (χ0v) is 13.9. The predicted octanol–water partition coefficient (Wildman–Crippen LogP) is 0.427. The standard InChI is InChI=1S/C15H20N2O5S/c1-10-4-3-5-11(13(10)16)14(19)22-8-12(18)17-15(2)6-7-23(20,21)9-15/h3-5H,6-9,16H2,1-2H3,(H,17,18)/t15-/m0/s1. The van der Waals surface area contributed by atoms with Crippen LogP contribution in [0.25, 0.3) is 0 Å². The number of hydrogen-bond acceptors (Lipinski definition) is 6. The zero-order chi connectivity index (χ0) is 17.3. The number of anilines is 1. The van der Waals surface area contributed by atoms with Crippen LogP contribution in [-0.2, 0) is 19.4 Å². The summed E-state index contributed by atoms with van der Waals surface area (Å²) < 4.78 is 27.9. The molecule has 1 heterocycles. The summed E-state index contributed by atoms with van der Waals surface area (Å²) in [6.07, 6.45) is 0.347. The van der Waals surface area contributed by atoms with Gasteiger partial charge in [-0.05, 0) is 31.9 Å². The van der Waals surface area contributed by atoms with Gasteiger partial charge in [-0.1, -0.05) is 12.1 Å². The minimum Gasteiger partial charge on any atom is -0.452 e. The van der Waals surface area contributed by atoms with E-state index in [1.54, 1.807) is 26.0 Å². The lowest BCUT2D eigenvalue weighted by Gasteiger charge is -2.23. The fourth-order valence-corrected chi connectivity index (χ4v) is 4.64. The molecule has 0 aromatic heterocycles. The number of esters is 1. The molecule has 1 amide bonds. The number of amides is 1. The predicted molar refractivity (Wildman–Crippen MR) is 85.7 cm³/mol. The summed E-state index contributed by atoms with van der Waals surface area (Å²) >= 11 is 0. The molecule has 0 unspecified atom stereocenters. The number of sulfone groups is 1. The fraction of sp³-hybridized carbons (Fsp3) is 0.467. The number of carbonyl (C=O) groups excluding carboxylic acids is 2. The first-order chi connectivity index (χ1) is 10.6. The first-order valence-corrected chi connectivity index (χ1v) is 8.98. The summed E-state index contributed by atoms with van der Waals surface area (Å²) in [6.45, 7) is 2.94. The van der Waals surface area contributed by atoms with Crippen LogP contribution in [0.15, 0.2) is 18.2 Å². The van der Waals surface area contributed by atoms with Crippen LogP contribution in [0.4, 0.5) is 5.69 Å². The van der Waals surface area contributed by atoms with Crippen molar-refractivity contribution in [3.05, 3.63) is 29.3 Å². The second-order valence-corrected chi connectivity index (χ2v) is 8.25. The first kappa shape index (κ1) is 17.3. The van der Waals surface area contributed by atoms with Crippen molar-refractivity contribution in [1.29, 1.82) is 0 Å². The van der Waals surface area contributed by atoms with E-state index in [4.69, 9.17) is 10.5 Å². The number of benzene rings is 1. The molecule has 1 fully saturated rings. The Labute approximate surface area is 135 Å². The molecule has 0 saturated carbocycles. The molecule has 7 nitrogen and oxygen atoms in total. The Morgan fingerprint density at radius 1 is 1.39 bits per heavy atom. The Hall–Kier alpha value is -2.09. The number of hydrogen-bond donors (Lipinski definition) is 2. The van der Waals surface area contributed by atoms with Crippen molar-refractivity contribution in [2.24, 2.45) is 0 Å². The van der Waals surface area contributed by atoms with Crippen LogP contribution < -0.4 is 11.1 Å². The Morgan fingerprint density at radius 3 is 2.70 bits per heavy atom. The maximum atomic E-state index is 12.0. The van der Waals surface area contributed by atoms with E-state index in [-0.39, 0.29) is 17.1 Å². The van der Waals surface area contributed by atoms with E-state index in [0.717, 1.165) is 5.56 Å². The van der Waals surface area contributed by atoms with Crippen LogP contribution in [0.2, 0.25) is 0 Å². The molecular formula is C15H20N2O5S. The van der Waals surface area contributed by atoms with Crippen molar-refractivity contribution in [2.45, 2.75) is 25.8 Å². The Kier molecular flexibility index (Phi) is 4.65. The third kappa shape index (κ3) is 4.22. The van der Waals surface area contributed by atoms with Gasteiger partial charge in [0.05, 0.1) is 22.6 Å². The summed E-state index contributed by atoms with van der Waals surface area (Å²) in [6, 6.07) is 4.96. The van der Waals surface area contributed by atoms with Gasteiger partial charge in [0.2, 0.25) is 0 Å². The summed E-state index contributed by atoms with van der Waals surface area (Å²) in [5.41, 5.74) is 6.25. The van der Waals surface area contributed by atoms with E-state index in [0.29, 0.717) is 12.1 Å². The van der Waals surface area contributed by atoms with Crippen molar-refractivity contribution in [3.8, 4) is 0 Å². The Morgan fingerprint density at radius 2 is 2.09 bits per heavy atom. The van der Waals surface area contributed by atoms with Gasteiger partial charge in [-0.3, -0.25) is 4.79 Å². The number of nitrogens with two attached hydrogens (primary N) is 1. The summed E-state index contributed by atoms with van der Waals surface area (Å²) in [7, 11) is -3.12. The van der Waals surface area contributed by atoms with E-state index in [2.05, 4.69) is 5.32 Å². The molecule has 1 saturated heterocycles. The fourth-order valence-electron chi connectivity index (χ4n) is 2.55. The average Bonchev–Trinajstić information content (AvgIpc) is 2.72. The molecule has 2 rings (SSSR count). The minimum absolute atomic E-state index is 0.0450. The molecule has 1 aliphatic heterocycles. The minimum atomic E-state index is -3.12. The number of aryl methyl sites for hydroxylation is 1. The van der Waals surface area contributed by atoms with Gasteiger partial charge in [-0.2, -0.15) is 0 Å². The molecule has 0 spiro atoms. The number of nitrogens with one attached hydrogen (secondary N) is 1. The SMILES string of the molecule is Cc1cccc(C(=O)OCC(=O)N[C@@]2(C)CCS(=O)(=O)C2)c1N. The quantitative estimate of drug-likeness (QED) is 0.606. The zero-order valence-electron chi connectivity index (χ0n) is 13.1. The van der Waals surface area contributed by atoms with Gasteiger partial charge in [0.15, 0.2) is 16.4 Å². The third-order valence-corrected chi connectivity index (χ3v) is 5.73. The molecule has 3 N–H and O–H groups in total. The highest BCUT2D eigenvalue weighted by molar-refractivity contribution is 7.91. The summed E-state index contributed by atoms with van der Waals surface area (Å²) in [5, 5.41) is 2.62. The highest BCUT2D eigenvalue weighted by Crippen LogP contribution is 2.22. The molecule has 0 bridgehead atoms. The molecule has 8 heteroatoms. The Balaban J connectivity index is 1.92. The van der Waals surface area contributed by atoms with Crippen LogP contribution >= 0.6 is 0 Å². The number of carbonyl (C=O) groups is 2. The van der Waals surface area contributed by atoms with Gasteiger partial charge in [-0.25, -0.2) is 13.2 Å². The van der Waals surface area contributed by atoms with Crippen LogP contribution in [-0.4, -0.2) is 43.9 Å². The van der Waals surface area contributed by atoms with Crippen LogP contribution in [0.3, 0.4) is 0 Å². The topological polar surface area (TPSA) is 116 Å². The second-order valence-electron chi connectivity index (χ2n) is 6.06. The van der Waals surface area contributed by atoms with Crippen molar-refractivity contribution >= 4 is 27.4 Å². The lowest BCUT2D eigenvalue weighted by molar-refractivity contribution is -0.125. The van der Waals surface area contributed by atoms with E-state index < -0.39 is 33.9 Å². The smallest absolute Gasteiger partial charge is 0.340 e. The number of para-hydroxylation sites is 1. The second kappa shape index (κ2) is 6.19. The normalized spacial score (nSPS) is 22.5. The maximum Gasteiger partial charge on any atom is 0.340 e. The number of nitrogen functional groups attached to an aromatic ring is 1. The molecular weight excluding hydrogens is 320 g/mol. The molecule has 126 valence electrons. The lowest BCUT2D eigenvalue weighted by atomic mass is 10.0. The molecule has 1 aromatic carbocycles. The van der Waals surface area contributed by atoms with Crippen molar-refractivity contribution in [1.82, 2.24) is 5.32 Å². The van der Waals surface area contributed by atoms with Crippen molar-refractivity contribution < 1.29 is 22.7 Å². The van der Waals surface area contributed by atoms with Gasteiger partial charge >= 0.3 is 5.97 Å². The summed E-state index contributed by atoms with van der Waals surface area (Å²) in [5.74, 6) is -1.29. The number of rotatable bonds is 4. The van der Waals surface area contributed by atoms with Crippen molar-refractivity contribution in [3.63, 3.8) is 0 Å². The largest absolute Gasteiger partial charge is 0.452 e. The maximum absolute atomic E-state index is 12.0. The van der Waals surface area contributed by atoms with E-state index in [1.807, 2.05) is 0 Å². The van der Waals surface area contributed by atoms with Gasteiger partial charge in [-0.15, -0.1) is 0 Å². The summed E-state index contributed by atoms with van der Waals surface area (Å²) in [4.78, 5) is 23.9. The first-order valence-electron chi connectivity index (χ1n) is 7.16. The van der Waals surface area contributed by atoms with Crippen LogP contribution in [0.1, 0.15) is 29.3 Å². The van der Waals surface area contributed by atoms with Crippen LogP contribution in [0, 0.1) is 6.92 Å². The molecule has 23 heavy (non-hydrogen) atoms. The van der Waals surface area contributed by atoms with Gasteiger partial charge < -0.3 is 15.8 Å². The average molecular weight is 340 g/mol. The molecule has 0 aliphatic carbocycles. The van der Waals surface area contributed by atoms with E-state index in [1.165, 1.54) is 6.07 Å². The highest BCUT2D eigenvalue weighted by atomic mass is 32.2. The van der Waals surface area contributed by atoms with Gasteiger partial charge in [0.1, 0.15) is 0 Å². The molecule has 0 radical (unpaired) electrons. The molecule has 1 aliphatic rings. The Bertz CT molecular complexity index is 744. The molecule has 1 aromatic rings. The highest BCUT2D eigenvalue weighted by Gasteiger charge is 2.39. The van der Waals surface area contributed by atoms with Crippen molar-refractivity contribution in [2.75, 3.05) is 23.8 Å². The molecule has 1 atom stereocenters. The van der Waals surface area contributed by atoms with E-state index >= 15 is 0 Å². The van der Waals surface area contributed by atoms with Gasteiger partial charge in [0.25, 0.3) is 5.91 Å². The number of ether oxygens (including phenoxy) is 1.